The standard InChI is InChI=1S/C17H22BrNO/c18-16-7-5-13(6-8-16)14-9-11-19(12-10-14)17(20)15-3-1-2-4-15/h5-8,14-15H,1-4,9-12H2. The number of benzene rings is 1. The van der Waals surface area contributed by atoms with Crippen LogP contribution in [-0.4, -0.2) is 23.9 Å². The van der Waals surface area contributed by atoms with Crippen LogP contribution in [-0.2, 0) is 4.79 Å². The van der Waals surface area contributed by atoms with Gasteiger partial charge in [0, 0.05) is 23.5 Å². The van der Waals surface area contributed by atoms with Crippen LogP contribution in [0, 0.1) is 5.92 Å². The largest absolute Gasteiger partial charge is 0.342 e. The Balaban J connectivity index is 1.56. The molecule has 0 aromatic heterocycles. The smallest absolute Gasteiger partial charge is 0.225 e. The Bertz CT molecular complexity index is 456. The Hall–Kier alpha value is -0.830. The highest BCUT2D eigenvalue weighted by molar-refractivity contribution is 9.10. The fraction of sp³-hybridized carbons (Fsp3) is 0.588. The predicted octanol–water partition coefficient (Wildman–Crippen LogP) is 4.35. The molecule has 3 heteroatoms. The summed E-state index contributed by atoms with van der Waals surface area (Å²) in [6.45, 7) is 1.88. The van der Waals surface area contributed by atoms with Crippen molar-refractivity contribution < 1.29 is 4.79 Å². The number of carbonyl (C=O) groups is 1. The number of likely N-dealkylation sites (tertiary alicyclic amines) is 1. The van der Waals surface area contributed by atoms with Crippen LogP contribution in [0.4, 0.5) is 0 Å². The first-order valence-corrected chi connectivity index (χ1v) is 8.57. The van der Waals surface area contributed by atoms with Gasteiger partial charge in [0.15, 0.2) is 0 Å². The molecular formula is C17H22BrNO. The van der Waals surface area contributed by atoms with E-state index in [1.54, 1.807) is 0 Å². The van der Waals surface area contributed by atoms with Crippen molar-refractivity contribution in [3.63, 3.8) is 0 Å². The third kappa shape index (κ3) is 3.08. The number of nitrogens with zero attached hydrogens (tertiary/aromatic N) is 1. The Morgan fingerprint density at radius 2 is 1.60 bits per heavy atom. The quantitative estimate of drug-likeness (QED) is 0.786. The molecule has 0 unspecified atom stereocenters. The van der Waals surface area contributed by atoms with Crippen molar-refractivity contribution in [1.29, 1.82) is 0 Å². The van der Waals surface area contributed by atoms with Gasteiger partial charge in [-0.15, -0.1) is 0 Å². The number of amides is 1. The predicted molar refractivity (Wildman–Crippen MR) is 84.7 cm³/mol. The Morgan fingerprint density at radius 3 is 2.20 bits per heavy atom. The Labute approximate surface area is 129 Å². The van der Waals surface area contributed by atoms with Crippen LogP contribution in [0.1, 0.15) is 50.0 Å². The van der Waals surface area contributed by atoms with Crippen LogP contribution in [0.5, 0.6) is 0 Å². The van der Waals surface area contributed by atoms with Gasteiger partial charge in [0.1, 0.15) is 0 Å². The highest BCUT2D eigenvalue weighted by Gasteiger charge is 2.30. The van der Waals surface area contributed by atoms with Crippen LogP contribution in [0.25, 0.3) is 0 Å². The van der Waals surface area contributed by atoms with E-state index < -0.39 is 0 Å². The van der Waals surface area contributed by atoms with Crippen molar-refractivity contribution >= 4 is 21.8 Å². The van der Waals surface area contributed by atoms with Crippen LogP contribution in [0.15, 0.2) is 28.7 Å². The zero-order valence-corrected chi connectivity index (χ0v) is 13.4. The lowest BCUT2D eigenvalue weighted by Gasteiger charge is -2.33. The Morgan fingerprint density at radius 1 is 1.00 bits per heavy atom. The fourth-order valence-electron chi connectivity index (χ4n) is 3.60. The van der Waals surface area contributed by atoms with Gasteiger partial charge in [-0.1, -0.05) is 40.9 Å². The zero-order chi connectivity index (χ0) is 13.9. The van der Waals surface area contributed by atoms with Gasteiger partial charge in [-0.2, -0.15) is 0 Å². The summed E-state index contributed by atoms with van der Waals surface area (Å²) in [6, 6.07) is 8.66. The van der Waals surface area contributed by atoms with Crippen molar-refractivity contribution in [2.75, 3.05) is 13.1 Å². The molecule has 1 aliphatic heterocycles. The molecule has 20 heavy (non-hydrogen) atoms. The maximum atomic E-state index is 12.4. The summed E-state index contributed by atoms with van der Waals surface area (Å²) in [5, 5.41) is 0. The van der Waals surface area contributed by atoms with E-state index in [9.17, 15) is 4.79 Å². The normalized spacial score (nSPS) is 21.4. The van der Waals surface area contributed by atoms with Gasteiger partial charge in [-0.05, 0) is 49.3 Å². The van der Waals surface area contributed by atoms with Gasteiger partial charge < -0.3 is 4.90 Å². The van der Waals surface area contributed by atoms with E-state index in [1.165, 1.54) is 18.4 Å². The van der Waals surface area contributed by atoms with Gasteiger partial charge in [-0.25, -0.2) is 0 Å². The van der Waals surface area contributed by atoms with E-state index in [-0.39, 0.29) is 0 Å². The molecule has 1 heterocycles. The molecule has 0 bridgehead atoms. The van der Waals surface area contributed by atoms with Gasteiger partial charge in [0.2, 0.25) is 5.91 Å². The van der Waals surface area contributed by atoms with Crippen LogP contribution in [0.2, 0.25) is 0 Å². The van der Waals surface area contributed by atoms with E-state index >= 15 is 0 Å². The molecular weight excluding hydrogens is 314 g/mol. The number of piperidine rings is 1. The lowest BCUT2D eigenvalue weighted by molar-refractivity contribution is -0.136. The molecule has 108 valence electrons. The number of rotatable bonds is 2. The van der Waals surface area contributed by atoms with Crippen LogP contribution in [0.3, 0.4) is 0 Å². The van der Waals surface area contributed by atoms with E-state index in [4.69, 9.17) is 0 Å². The molecule has 0 radical (unpaired) electrons. The second kappa shape index (κ2) is 6.30. The molecule has 2 nitrogen and oxygen atoms in total. The van der Waals surface area contributed by atoms with Crippen molar-refractivity contribution in [3.05, 3.63) is 34.3 Å². The minimum absolute atomic E-state index is 0.333. The lowest BCUT2D eigenvalue weighted by Crippen LogP contribution is -2.40. The topological polar surface area (TPSA) is 20.3 Å². The van der Waals surface area contributed by atoms with Crippen molar-refractivity contribution in [2.45, 2.75) is 44.4 Å². The second-order valence-corrected chi connectivity index (χ2v) is 7.05. The van der Waals surface area contributed by atoms with E-state index in [1.807, 2.05) is 0 Å². The number of hydrogen-bond donors (Lipinski definition) is 0. The minimum atomic E-state index is 0.333. The van der Waals surface area contributed by atoms with Crippen molar-refractivity contribution in [1.82, 2.24) is 4.90 Å². The summed E-state index contributed by atoms with van der Waals surface area (Å²) < 4.78 is 1.13. The number of carbonyl (C=O) groups excluding carboxylic acids is 1. The molecule has 0 N–H and O–H groups in total. The highest BCUT2D eigenvalue weighted by atomic mass is 79.9. The average Bonchev–Trinajstić information content (AvgIpc) is 3.02. The zero-order valence-electron chi connectivity index (χ0n) is 11.9. The first kappa shape index (κ1) is 14.1. The molecule has 0 spiro atoms. The second-order valence-electron chi connectivity index (χ2n) is 6.13. The summed E-state index contributed by atoms with van der Waals surface area (Å²) in [5.41, 5.74) is 1.42. The first-order valence-electron chi connectivity index (χ1n) is 7.78. The van der Waals surface area contributed by atoms with Crippen LogP contribution >= 0.6 is 15.9 Å². The first-order chi connectivity index (χ1) is 9.74. The SMILES string of the molecule is O=C(C1CCCC1)N1CCC(c2ccc(Br)cc2)CC1. The summed E-state index contributed by atoms with van der Waals surface area (Å²) in [5.74, 6) is 1.38. The van der Waals surface area contributed by atoms with Crippen molar-refractivity contribution in [2.24, 2.45) is 5.92 Å². The van der Waals surface area contributed by atoms with E-state index in [2.05, 4.69) is 45.1 Å². The molecule has 2 aliphatic rings. The summed E-state index contributed by atoms with van der Waals surface area (Å²) in [6.07, 6.45) is 6.94. The van der Waals surface area contributed by atoms with E-state index in [0.717, 1.165) is 43.2 Å². The number of hydrogen-bond acceptors (Lipinski definition) is 1. The average molecular weight is 336 g/mol. The maximum absolute atomic E-state index is 12.4. The summed E-state index contributed by atoms with van der Waals surface area (Å²) in [4.78, 5) is 14.5. The molecule has 2 fully saturated rings. The molecule has 1 saturated carbocycles. The molecule has 1 amide bonds. The lowest BCUT2D eigenvalue weighted by atomic mass is 9.89. The molecule has 0 atom stereocenters. The minimum Gasteiger partial charge on any atom is -0.342 e. The van der Waals surface area contributed by atoms with Gasteiger partial charge in [0.05, 0.1) is 0 Å². The third-order valence-corrected chi connectivity index (χ3v) is 5.38. The molecule has 1 saturated heterocycles. The maximum Gasteiger partial charge on any atom is 0.225 e. The van der Waals surface area contributed by atoms with Gasteiger partial charge >= 0.3 is 0 Å². The van der Waals surface area contributed by atoms with Gasteiger partial charge in [0.25, 0.3) is 0 Å². The van der Waals surface area contributed by atoms with Crippen molar-refractivity contribution in [3.8, 4) is 0 Å². The highest BCUT2D eigenvalue weighted by Crippen LogP contribution is 2.32. The monoisotopic (exact) mass is 335 g/mol. The van der Waals surface area contributed by atoms with Crippen LogP contribution < -0.4 is 0 Å². The molecule has 1 aliphatic carbocycles. The fourth-order valence-corrected chi connectivity index (χ4v) is 3.86. The molecule has 3 rings (SSSR count). The number of halogens is 1. The third-order valence-electron chi connectivity index (χ3n) is 4.85. The Kier molecular flexibility index (Phi) is 4.45. The summed E-state index contributed by atoms with van der Waals surface area (Å²) >= 11 is 3.48. The molecule has 1 aromatic carbocycles. The van der Waals surface area contributed by atoms with E-state index in [0.29, 0.717) is 17.7 Å². The molecule has 1 aromatic rings. The van der Waals surface area contributed by atoms with Gasteiger partial charge in [-0.3, -0.25) is 4.79 Å². The summed E-state index contributed by atoms with van der Waals surface area (Å²) in [7, 11) is 0.